The Morgan fingerprint density at radius 1 is 0.898 bits per heavy atom. The van der Waals surface area contributed by atoms with Crippen LogP contribution in [-0.4, -0.2) is 53.3 Å². The minimum atomic E-state index is -0.509. The van der Waals surface area contributed by atoms with Crippen LogP contribution in [0.25, 0.3) is 20.5 Å². The number of ketones is 2. The van der Waals surface area contributed by atoms with Gasteiger partial charge in [0.05, 0.1) is 23.9 Å². The molecular formula is C39H34BrNO7S. The number of benzene rings is 4. The van der Waals surface area contributed by atoms with Crippen molar-refractivity contribution in [1.82, 2.24) is 4.90 Å². The Kier molecular flexibility index (Phi) is 9.79. The Hall–Kier alpha value is -4.51. The zero-order valence-corrected chi connectivity index (χ0v) is 29.1. The number of nitrogens with zero attached hydrogens (tertiary/aromatic N) is 1. The van der Waals surface area contributed by atoms with Crippen LogP contribution in [0.3, 0.4) is 0 Å². The molecule has 1 amide bonds. The predicted molar refractivity (Wildman–Crippen MR) is 192 cm³/mol. The van der Waals surface area contributed by atoms with Crippen LogP contribution in [0.2, 0.25) is 0 Å². The van der Waals surface area contributed by atoms with Gasteiger partial charge in [0.2, 0.25) is 0 Å². The summed E-state index contributed by atoms with van der Waals surface area (Å²) in [5, 5.41) is 11.0. The summed E-state index contributed by atoms with van der Waals surface area (Å²) in [5.41, 5.74) is 3.75. The van der Waals surface area contributed by atoms with Crippen molar-refractivity contribution in [2.24, 2.45) is 0 Å². The van der Waals surface area contributed by atoms with E-state index in [-0.39, 0.29) is 29.6 Å². The highest BCUT2D eigenvalue weighted by molar-refractivity contribution is 9.10. The lowest BCUT2D eigenvalue weighted by Gasteiger charge is -2.29. The van der Waals surface area contributed by atoms with Crippen LogP contribution in [0.4, 0.5) is 0 Å². The van der Waals surface area contributed by atoms with E-state index in [1.165, 1.54) is 0 Å². The van der Waals surface area contributed by atoms with Gasteiger partial charge in [0.1, 0.15) is 29.6 Å². The number of fused-ring (bicyclic) bond motifs is 2. The van der Waals surface area contributed by atoms with Crippen LogP contribution in [0.1, 0.15) is 47.2 Å². The molecule has 0 spiro atoms. The molecule has 1 fully saturated rings. The van der Waals surface area contributed by atoms with Crippen molar-refractivity contribution in [3.05, 3.63) is 106 Å². The number of aromatic hydroxyl groups is 1. The third kappa shape index (κ3) is 7.27. The number of carbonyl (C=O) groups is 3. The number of hydrogen-bond donors (Lipinski definition) is 1. The van der Waals surface area contributed by atoms with Gasteiger partial charge in [-0.2, -0.15) is 0 Å². The fourth-order valence-electron chi connectivity index (χ4n) is 6.45. The summed E-state index contributed by atoms with van der Waals surface area (Å²) in [6.07, 6.45) is 2.22. The van der Waals surface area contributed by atoms with Crippen molar-refractivity contribution in [2.45, 2.75) is 44.7 Å². The topological polar surface area (TPSA) is 102 Å². The Morgan fingerprint density at radius 2 is 1.69 bits per heavy atom. The second kappa shape index (κ2) is 14.5. The van der Waals surface area contributed by atoms with E-state index in [0.717, 1.165) is 54.7 Å². The Bertz CT molecular complexity index is 2020. The highest BCUT2D eigenvalue weighted by atomic mass is 79.9. The summed E-state index contributed by atoms with van der Waals surface area (Å²) in [6.45, 7) is 1.79. The van der Waals surface area contributed by atoms with E-state index < -0.39 is 6.04 Å². The highest BCUT2D eigenvalue weighted by Crippen LogP contribution is 2.47. The number of rotatable bonds is 12. The molecule has 8 nitrogen and oxygen atoms in total. The van der Waals surface area contributed by atoms with Gasteiger partial charge in [-0.3, -0.25) is 14.4 Å². The van der Waals surface area contributed by atoms with Gasteiger partial charge in [-0.1, -0.05) is 40.2 Å². The molecule has 0 radical (unpaired) electrons. The number of aryl methyl sites for hydroxylation is 1. The number of phenols is 1. The van der Waals surface area contributed by atoms with Gasteiger partial charge in [-0.15, -0.1) is 11.3 Å². The van der Waals surface area contributed by atoms with Crippen molar-refractivity contribution in [3.63, 3.8) is 0 Å². The van der Waals surface area contributed by atoms with E-state index in [1.807, 2.05) is 72.8 Å². The van der Waals surface area contributed by atoms with Gasteiger partial charge in [0.25, 0.3) is 5.91 Å². The number of phenolic OH excluding ortho intramolecular Hbond substituents is 1. The van der Waals surface area contributed by atoms with Crippen molar-refractivity contribution in [2.75, 3.05) is 19.8 Å². The molecule has 49 heavy (non-hydrogen) atoms. The molecule has 250 valence electrons. The van der Waals surface area contributed by atoms with Gasteiger partial charge in [0.15, 0.2) is 11.5 Å². The van der Waals surface area contributed by atoms with E-state index in [4.69, 9.17) is 14.2 Å². The molecule has 2 aliphatic rings. The molecule has 1 aromatic heterocycles. The van der Waals surface area contributed by atoms with Crippen molar-refractivity contribution in [3.8, 4) is 33.4 Å². The zero-order valence-electron chi connectivity index (χ0n) is 26.7. The largest absolute Gasteiger partial charge is 0.508 e. The third-order valence-electron chi connectivity index (χ3n) is 8.92. The maximum Gasteiger partial charge on any atom is 0.255 e. The van der Waals surface area contributed by atoms with Crippen LogP contribution in [0.15, 0.2) is 89.4 Å². The SMILES string of the molecule is O=C1CCC(N2Cc3c(CCCOCCOc4ccc(Oc5c(-c6ccc(Br)cc6)sc6cc(O)ccc56)cc4)cccc3C2=O)C(=O)C1. The van der Waals surface area contributed by atoms with Gasteiger partial charge in [0, 0.05) is 39.7 Å². The molecule has 1 aliphatic heterocycles. The maximum atomic E-state index is 13.1. The summed E-state index contributed by atoms with van der Waals surface area (Å²) >= 11 is 5.08. The lowest BCUT2D eigenvalue weighted by molar-refractivity contribution is -0.133. The summed E-state index contributed by atoms with van der Waals surface area (Å²) in [4.78, 5) is 39.9. The van der Waals surface area contributed by atoms with Crippen LogP contribution in [0.5, 0.6) is 23.0 Å². The molecule has 4 aromatic carbocycles. The summed E-state index contributed by atoms with van der Waals surface area (Å²) in [7, 11) is 0. The normalized spacial score (nSPS) is 16.0. The average molecular weight is 741 g/mol. The minimum Gasteiger partial charge on any atom is -0.508 e. The number of halogens is 1. The smallest absolute Gasteiger partial charge is 0.255 e. The Labute approximate surface area is 296 Å². The Morgan fingerprint density at radius 3 is 2.49 bits per heavy atom. The first-order chi connectivity index (χ1) is 23.8. The maximum absolute atomic E-state index is 13.1. The second-order valence-electron chi connectivity index (χ2n) is 12.2. The van der Waals surface area contributed by atoms with E-state index in [9.17, 15) is 19.5 Å². The second-order valence-corrected chi connectivity index (χ2v) is 14.2. The third-order valence-corrected chi connectivity index (χ3v) is 10.6. The van der Waals surface area contributed by atoms with Crippen LogP contribution < -0.4 is 9.47 Å². The van der Waals surface area contributed by atoms with Gasteiger partial charge in [-0.05, 0) is 96.6 Å². The molecule has 5 aromatic rings. The first-order valence-corrected chi connectivity index (χ1v) is 17.9. The first-order valence-electron chi connectivity index (χ1n) is 16.3. The number of Topliss-reactive ketones (excluding diaryl/α,β-unsaturated/α-hetero) is 2. The number of thiophene rings is 1. The van der Waals surface area contributed by atoms with Gasteiger partial charge in [-0.25, -0.2) is 0 Å². The van der Waals surface area contributed by atoms with Crippen molar-refractivity contribution < 1.29 is 33.7 Å². The number of hydrogen-bond acceptors (Lipinski definition) is 8. The van der Waals surface area contributed by atoms with E-state index in [1.54, 1.807) is 28.4 Å². The molecule has 0 saturated heterocycles. The number of ether oxygens (including phenoxy) is 3. The molecule has 0 bridgehead atoms. The molecule has 1 atom stereocenters. The minimum absolute atomic E-state index is 0.0434. The molecule has 1 saturated carbocycles. The summed E-state index contributed by atoms with van der Waals surface area (Å²) in [6, 6.07) is 26.1. The fourth-order valence-corrected chi connectivity index (χ4v) is 7.89. The molecule has 1 aliphatic carbocycles. The van der Waals surface area contributed by atoms with Gasteiger partial charge >= 0.3 is 0 Å². The average Bonchev–Trinajstić information content (AvgIpc) is 3.62. The van der Waals surface area contributed by atoms with Crippen LogP contribution in [-0.2, 0) is 27.3 Å². The lowest BCUT2D eigenvalue weighted by atomic mass is 9.92. The summed E-state index contributed by atoms with van der Waals surface area (Å²) < 4.78 is 20.1. The van der Waals surface area contributed by atoms with E-state index in [2.05, 4.69) is 15.9 Å². The monoisotopic (exact) mass is 739 g/mol. The molecule has 2 heterocycles. The fraction of sp³-hybridized carbons (Fsp3) is 0.256. The standard InChI is InChI=1S/C39H34BrNO7S/c40-26-8-6-25(7-9-26)38-37(32-16-10-28(43)22-36(32)49-38)48-30-14-12-29(13-15-30)47-20-19-46-18-2-4-24-3-1-5-31-33(24)23-41(39(31)45)34-17-11-27(42)21-35(34)44/h1,3,5-10,12-16,22,34,43H,2,4,11,17-21,23H2. The molecule has 7 rings (SSSR count). The predicted octanol–water partition coefficient (Wildman–Crippen LogP) is 8.50. The number of carbonyl (C=O) groups excluding carboxylic acids is 3. The lowest BCUT2D eigenvalue weighted by Crippen LogP contribution is -2.44. The summed E-state index contributed by atoms with van der Waals surface area (Å²) in [5.74, 6) is 2.02. The quantitative estimate of drug-likeness (QED) is 0.101. The molecule has 10 heteroatoms. The van der Waals surface area contributed by atoms with Crippen molar-refractivity contribution in [1.29, 1.82) is 0 Å². The molecule has 1 N–H and O–H groups in total. The molecular weight excluding hydrogens is 706 g/mol. The van der Waals surface area contributed by atoms with E-state index in [0.29, 0.717) is 56.3 Å². The number of amides is 1. The van der Waals surface area contributed by atoms with Crippen molar-refractivity contribution >= 4 is 54.8 Å². The van der Waals surface area contributed by atoms with Crippen LogP contribution in [0, 0.1) is 0 Å². The van der Waals surface area contributed by atoms with Crippen LogP contribution >= 0.6 is 27.3 Å². The Balaban J connectivity index is 0.886. The first kappa shape index (κ1) is 33.0. The molecule has 1 unspecified atom stereocenters. The zero-order chi connectivity index (χ0) is 33.9. The van der Waals surface area contributed by atoms with Gasteiger partial charge < -0.3 is 24.2 Å². The highest BCUT2D eigenvalue weighted by Gasteiger charge is 2.39. The van der Waals surface area contributed by atoms with E-state index >= 15 is 0 Å².